The summed E-state index contributed by atoms with van der Waals surface area (Å²) < 4.78 is 32.3. The first-order valence-electron chi connectivity index (χ1n) is 11.8. The van der Waals surface area contributed by atoms with Gasteiger partial charge in [-0.15, -0.1) is 0 Å². The van der Waals surface area contributed by atoms with Gasteiger partial charge in [-0.05, 0) is 55.2 Å². The van der Waals surface area contributed by atoms with E-state index < -0.39 is 12.3 Å². The van der Waals surface area contributed by atoms with E-state index in [9.17, 15) is 4.79 Å². The Bertz CT molecular complexity index is 1280. The minimum Gasteiger partial charge on any atom is -0.454 e. The van der Waals surface area contributed by atoms with E-state index in [0.717, 1.165) is 30.8 Å². The van der Waals surface area contributed by atoms with Gasteiger partial charge in [0.15, 0.2) is 11.5 Å². The Morgan fingerprint density at radius 2 is 2.00 bits per heavy atom. The zero-order valence-electron chi connectivity index (χ0n) is 20.1. The highest BCUT2D eigenvalue weighted by Gasteiger charge is 2.17. The molecule has 1 atom stereocenters. The van der Waals surface area contributed by atoms with Gasteiger partial charge >= 0.3 is 0 Å². The molecule has 1 aromatic heterocycles. The number of benzene rings is 2. The molecule has 33 heavy (non-hydrogen) atoms. The van der Waals surface area contributed by atoms with Gasteiger partial charge in [-0.1, -0.05) is 11.6 Å². The molecular formula is C24H25ClN4O4. The molecule has 2 aliphatic heterocycles. The molecule has 0 radical (unpaired) electrons. The van der Waals surface area contributed by atoms with Crippen LogP contribution in [0.4, 0.5) is 17.1 Å². The summed E-state index contributed by atoms with van der Waals surface area (Å²) in [5, 5.41) is 7.63. The van der Waals surface area contributed by atoms with Crippen molar-refractivity contribution in [2.24, 2.45) is 5.92 Å². The van der Waals surface area contributed by atoms with Crippen LogP contribution in [0.25, 0.3) is 5.69 Å². The third-order valence-corrected chi connectivity index (χ3v) is 6.22. The molecule has 0 saturated carbocycles. The van der Waals surface area contributed by atoms with Gasteiger partial charge in [-0.25, -0.2) is 0 Å². The van der Waals surface area contributed by atoms with Crippen molar-refractivity contribution in [1.82, 2.24) is 9.78 Å². The largest absolute Gasteiger partial charge is 0.454 e. The van der Waals surface area contributed by atoms with Crippen LogP contribution < -0.4 is 25.2 Å². The number of anilines is 3. The van der Waals surface area contributed by atoms with Gasteiger partial charge in [0.25, 0.3) is 5.56 Å². The van der Waals surface area contributed by atoms with Crippen molar-refractivity contribution in [2.45, 2.75) is 12.8 Å². The Hall–Kier alpha value is -3.23. The second kappa shape index (κ2) is 9.33. The fourth-order valence-corrected chi connectivity index (χ4v) is 4.10. The highest BCUT2D eigenvalue weighted by Crippen LogP contribution is 2.37. The first-order chi connectivity index (χ1) is 16.8. The Morgan fingerprint density at radius 1 is 1.21 bits per heavy atom. The normalized spacial score (nSPS) is 19.5. The molecule has 1 saturated heterocycles. The molecule has 0 bridgehead atoms. The number of nitrogens with one attached hydrogen (secondary N) is 1. The van der Waals surface area contributed by atoms with Crippen LogP contribution in [0.1, 0.15) is 15.6 Å². The molecule has 1 N–H and O–H groups in total. The number of ether oxygens (including phenoxy) is 3. The van der Waals surface area contributed by atoms with Crippen molar-refractivity contribution in [3.05, 3.63) is 64.0 Å². The minimum absolute atomic E-state index is 0.0955. The predicted molar refractivity (Wildman–Crippen MR) is 128 cm³/mol. The highest BCUT2D eigenvalue weighted by atomic mass is 35.5. The molecule has 2 aliphatic rings. The molecule has 0 amide bonds. The third-order valence-electron chi connectivity index (χ3n) is 5.85. The van der Waals surface area contributed by atoms with E-state index in [4.69, 9.17) is 28.6 Å². The van der Waals surface area contributed by atoms with E-state index in [1.165, 1.54) is 4.68 Å². The van der Waals surface area contributed by atoms with Gasteiger partial charge < -0.3 is 24.4 Å². The SMILES string of the molecule is [2H]C1([2H])Oc2ccc(N(C)c3ccc(-n4ncc(NC[C@H]5CCCOC5)c(Cl)c4=O)cc3)cc2O1. The molecule has 0 spiro atoms. The van der Waals surface area contributed by atoms with Crippen LogP contribution in [-0.2, 0) is 4.74 Å². The molecule has 3 aromatic rings. The van der Waals surface area contributed by atoms with E-state index in [0.29, 0.717) is 41.9 Å². The van der Waals surface area contributed by atoms with Crippen LogP contribution in [0.5, 0.6) is 11.5 Å². The van der Waals surface area contributed by atoms with Crippen molar-refractivity contribution >= 4 is 28.7 Å². The fourth-order valence-electron chi connectivity index (χ4n) is 3.91. The monoisotopic (exact) mass is 470 g/mol. The maximum absolute atomic E-state index is 12.9. The van der Waals surface area contributed by atoms with E-state index in [1.54, 1.807) is 30.5 Å². The first kappa shape index (κ1) is 19.3. The Kier molecular flexibility index (Phi) is 5.44. The van der Waals surface area contributed by atoms with Crippen LogP contribution in [0.2, 0.25) is 5.02 Å². The lowest BCUT2D eigenvalue weighted by atomic mass is 10.0. The maximum Gasteiger partial charge on any atom is 0.292 e. The molecule has 9 heteroatoms. The summed E-state index contributed by atoms with van der Waals surface area (Å²) in [6.07, 6.45) is 3.69. The van der Waals surface area contributed by atoms with Crippen LogP contribution in [0.15, 0.2) is 53.5 Å². The number of nitrogens with zero attached hydrogens (tertiary/aromatic N) is 3. The molecule has 8 nitrogen and oxygen atoms in total. The molecule has 0 aliphatic carbocycles. The van der Waals surface area contributed by atoms with Gasteiger partial charge in [-0.2, -0.15) is 9.78 Å². The number of halogens is 1. The molecule has 3 heterocycles. The summed E-state index contributed by atoms with van der Waals surface area (Å²) in [4.78, 5) is 14.8. The van der Waals surface area contributed by atoms with Crippen molar-refractivity contribution in [2.75, 3.05) is 43.8 Å². The molecular weight excluding hydrogens is 444 g/mol. The van der Waals surface area contributed by atoms with Crippen LogP contribution in [-0.4, -0.2) is 43.3 Å². The fraction of sp³-hybridized carbons (Fsp3) is 0.333. The van der Waals surface area contributed by atoms with Gasteiger partial charge in [-0.3, -0.25) is 4.79 Å². The number of hydrogen-bond donors (Lipinski definition) is 1. The first-order valence-corrected chi connectivity index (χ1v) is 11.1. The average Bonchev–Trinajstić information content (AvgIpc) is 3.18. The Labute approximate surface area is 199 Å². The van der Waals surface area contributed by atoms with Crippen molar-refractivity contribution in [1.29, 1.82) is 0 Å². The van der Waals surface area contributed by atoms with Gasteiger partial charge in [0.2, 0.25) is 6.75 Å². The van der Waals surface area contributed by atoms with Crippen LogP contribution >= 0.6 is 11.6 Å². The summed E-state index contributed by atoms with van der Waals surface area (Å²) in [7, 11) is 1.88. The van der Waals surface area contributed by atoms with Crippen LogP contribution in [0, 0.1) is 5.92 Å². The smallest absolute Gasteiger partial charge is 0.292 e. The van der Waals surface area contributed by atoms with Crippen LogP contribution in [0.3, 0.4) is 0 Å². The minimum atomic E-state index is -2.17. The summed E-state index contributed by atoms with van der Waals surface area (Å²) in [6, 6.07) is 12.5. The average molecular weight is 471 g/mol. The van der Waals surface area contributed by atoms with Gasteiger partial charge in [0.05, 0.1) is 24.2 Å². The molecule has 2 aromatic carbocycles. The quantitative estimate of drug-likeness (QED) is 0.577. The molecule has 5 rings (SSSR count). The van der Waals surface area contributed by atoms with E-state index >= 15 is 0 Å². The van der Waals surface area contributed by atoms with Crippen molar-refractivity contribution < 1.29 is 17.0 Å². The second-order valence-electron chi connectivity index (χ2n) is 8.05. The third kappa shape index (κ3) is 4.49. The van der Waals surface area contributed by atoms with Crippen molar-refractivity contribution in [3.8, 4) is 17.2 Å². The zero-order chi connectivity index (χ0) is 24.6. The Balaban J connectivity index is 1.30. The number of fused-ring (bicyclic) bond motifs is 1. The summed E-state index contributed by atoms with van der Waals surface area (Å²) in [5.41, 5.74) is 2.34. The number of rotatable bonds is 6. The summed E-state index contributed by atoms with van der Waals surface area (Å²) in [5.74, 6) is 1.08. The predicted octanol–water partition coefficient (Wildman–Crippen LogP) is 4.22. The van der Waals surface area contributed by atoms with E-state index in [2.05, 4.69) is 10.4 Å². The number of hydrogen-bond acceptors (Lipinski definition) is 7. The standard InChI is InChI=1S/C24H25ClN4O4/c1-28(19-8-9-21-22(11-19)33-15-32-21)17-4-6-18(7-5-17)29-24(30)23(25)20(13-27-29)26-12-16-3-2-10-31-14-16/h4-9,11,13,16,26H,2-3,10,12,14-15H2,1H3/t16-/m1/s1/i15D2. The number of aromatic nitrogens is 2. The topological polar surface area (TPSA) is 77.9 Å². The maximum atomic E-state index is 12.9. The molecule has 1 fully saturated rings. The lowest BCUT2D eigenvalue weighted by Gasteiger charge is -2.23. The summed E-state index contributed by atoms with van der Waals surface area (Å²) >= 11 is 6.37. The van der Waals surface area contributed by atoms with Gasteiger partial charge in [0, 0.05) is 37.6 Å². The van der Waals surface area contributed by atoms with E-state index in [-0.39, 0.29) is 5.02 Å². The molecule has 172 valence electrons. The molecule has 0 unspecified atom stereocenters. The Morgan fingerprint density at radius 3 is 2.79 bits per heavy atom. The lowest BCUT2D eigenvalue weighted by Crippen LogP contribution is -2.26. The zero-order valence-corrected chi connectivity index (χ0v) is 18.8. The lowest BCUT2D eigenvalue weighted by molar-refractivity contribution is 0.0595. The summed E-state index contributed by atoms with van der Waals surface area (Å²) in [6.45, 7) is 0.0184. The van der Waals surface area contributed by atoms with Crippen molar-refractivity contribution in [3.63, 3.8) is 0 Å². The van der Waals surface area contributed by atoms with E-state index in [1.807, 2.05) is 30.1 Å². The second-order valence-corrected chi connectivity index (χ2v) is 8.43. The highest BCUT2D eigenvalue weighted by molar-refractivity contribution is 6.32. The van der Waals surface area contributed by atoms with Gasteiger partial charge in [0.1, 0.15) is 7.76 Å².